The molecule has 2 N–H and O–H groups in total. The third-order valence-corrected chi connectivity index (χ3v) is 4.65. The maximum atomic E-state index is 6.37. The largest absolute Gasteiger partial charge is 0.494 e. The lowest BCUT2D eigenvalue weighted by atomic mass is 10.0. The van der Waals surface area contributed by atoms with Crippen molar-refractivity contribution in [2.45, 2.75) is 24.0 Å². The quantitative estimate of drug-likeness (QED) is 0.936. The van der Waals surface area contributed by atoms with Gasteiger partial charge in [0.2, 0.25) is 0 Å². The first-order valence-corrected chi connectivity index (χ1v) is 8.13. The first-order chi connectivity index (χ1) is 10.3. The zero-order valence-electron chi connectivity index (χ0n) is 12.0. The molecule has 2 atom stereocenters. The Morgan fingerprint density at radius 3 is 2.76 bits per heavy atom. The zero-order valence-corrected chi connectivity index (χ0v) is 12.8. The summed E-state index contributed by atoms with van der Waals surface area (Å²) >= 11 is 1.80. The second kappa shape index (κ2) is 6.41. The Kier molecular flexibility index (Phi) is 4.36. The summed E-state index contributed by atoms with van der Waals surface area (Å²) in [4.78, 5) is 1.19. The van der Waals surface area contributed by atoms with E-state index in [4.69, 9.17) is 15.2 Å². The Labute approximate surface area is 129 Å². The average molecular weight is 301 g/mol. The molecule has 1 heterocycles. The van der Waals surface area contributed by atoms with Gasteiger partial charge < -0.3 is 15.2 Å². The van der Waals surface area contributed by atoms with E-state index in [1.165, 1.54) is 4.90 Å². The van der Waals surface area contributed by atoms with Crippen LogP contribution in [-0.4, -0.2) is 18.5 Å². The van der Waals surface area contributed by atoms with Gasteiger partial charge >= 0.3 is 0 Å². The summed E-state index contributed by atoms with van der Waals surface area (Å²) in [5.41, 5.74) is 7.44. The number of rotatable bonds is 4. The number of thioether (sulfide) groups is 1. The van der Waals surface area contributed by atoms with Crippen LogP contribution in [0.25, 0.3) is 0 Å². The fourth-order valence-corrected chi connectivity index (χ4v) is 3.43. The molecule has 110 valence electrons. The molecule has 0 spiro atoms. The van der Waals surface area contributed by atoms with E-state index in [0.717, 1.165) is 22.8 Å². The molecule has 2 unspecified atom stereocenters. The lowest BCUT2D eigenvalue weighted by molar-refractivity contribution is 0.185. The maximum absolute atomic E-state index is 6.37. The number of hydrogen-bond acceptors (Lipinski definition) is 4. The van der Waals surface area contributed by atoms with Gasteiger partial charge in [0.1, 0.15) is 17.6 Å². The van der Waals surface area contributed by atoms with Crippen LogP contribution >= 0.6 is 11.8 Å². The SMILES string of the molecule is CCOc1ccc(C(N)C2CSc3ccccc3O2)cc1. The van der Waals surface area contributed by atoms with Crippen molar-refractivity contribution in [2.24, 2.45) is 5.73 Å². The van der Waals surface area contributed by atoms with Crippen LogP contribution in [0.2, 0.25) is 0 Å². The standard InChI is InChI=1S/C17H19NO2S/c1-2-19-13-9-7-12(8-10-13)17(18)15-11-21-16-6-4-3-5-14(16)20-15/h3-10,15,17H,2,11,18H2,1H3. The van der Waals surface area contributed by atoms with E-state index in [0.29, 0.717) is 6.61 Å². The average Bonchev–Trinajstić information content (AvgIpc) is 2.55. The summed E-state index contributed by atoms with van der Waals surface area (Å²) in [6.45, 7) is 2.65. The predicted octanol–water partition coefficient (Wildman–Crippen LogP) is 3.64. The zero-order chi connectivity index (χ0) is 14.7. The molecule has 21 heavy (non-hydrogen) atoms. The topological polar surface area (TPSA) is 44.5 Å². The highest BCUT2D eigenvalue weighted by Crippen LogP contribution is 2.37. The van der Waals surface area contributed by atoms with E-state index in [1.54, 1.807) is 11.8 Å². The summed E-state index contributed by atoms with van der Waals surface area (Å²) in [6, 6.07) is 15.9. The van der Waals surface area contributed by atoms with Crippen LogP contribution in [0, 0.1) is 0 Å². The molecule has 0 saturated carbocycles. The maximum Gasteiger partial charge on any atom is 0.133 e. The predicted molar refractivity (Wildman–Crippen MR) is 86.1 cm³/mol. The molecule has 0 amide bonds. The van der Waals surface area contributed by atoms with E-state index in [1.807, 2.05) is 49.4 Å². The highest BCUT2D eigenvalue weighted by atomic mass is 32.2. The van der Waals surface area contributed by atoms with E-state index in [-0.39, 0.29) is 12.1 Å². The molecule has 4 heteroatoms. The van der Waals surface area contributed by atoms with E-state index in [9.17, 15) is 0 Å². The van der Waals surface area contributed by atoms with Crippen molar-refractivity contribution < 1.29 is 9.47 Å². The van der Waals surface area contributed by atoms with Gasteiger partial charge in [0, 0.05) is 10.6 Å². The van der Waals surface area contributed by atoms with Crippen LogP contribution < -0.4 is 15.2 Å². The molecule has 2 aromatic rings. The van der Waals surface area contributed by atoms with Crippen LogP contribution in [-0.2, 0) is 0 Å². The normalized spacial score (nSPS) is 18.5. The summed E-state index contributed by atoms with van der Waals surface area (Å²) in [5.74, 6) is 2.67. The lowest BCUT2D eigenvalue weighted by Crippen LogP contribution is -2.35. The molecule has 0 saturated heterocycles. The molecule has 3 rings (SSSR count). The van der Waals surface area contributed by atoms with Crippen LogP contribution in [0.3, 0.4) is 0 Å². The summed E-state index contributed by atoms with van der Waals surface area (Å²) in [5, 5.41) is 0. The van der Waals surface area contributed by atoms with Gasteiger partial charge in [-0.2, -0.15) is 0 Å². The van der Waals surface area contributed by atoms with Gasteiger partial charge in [0.15, 0.2) is 0 Å². The number of para-hydroxylation sites is 1. The monoisotopic (exact) mass is 301 g/mol. The number of nitrogens with two attached hydrogens (primary N) is 1. The first-order valence-electron chi connectivity index (χ1n) is 7.14. The number of benzene rings is 2. The molecule has 1 aliphatic heterocycles. The Morgan fingerprint density at radius 2 is 2.00 bits per heavy atom. The van der Waals surface area contributed by atoms with Gasteiger partial charge in [-0.05, 0) is 36.8 Å². The number of hydrogen-bond donors (Lipinski definition) is 1. The Balaban J connectivity index is 1.72. The van der Waals surface area contributed by atoms with Gasteiger partial charge in [-0.25, -0.2) is 0 Å². The fraction of sp³-hybridized carbons (Fsp3) is 0.294. The second-order valence-corrected chi connectivity index (χ2v) is 6.00. The van der Waals surface area contributed by atoms with Crippen molar-refractivity contribution in [3.8, 4) is 11.5 Å². The highest BCUT2D eigenvalue weighted by Gasteiger charge is 2.26. The van der Waals surface area contributed by atoms with Crippen LogP contribution in [0.1, 0.15) is 18.5 Å². The van der Waals surface area contributed by atoms with E-state index in [2.05, 4.69) is 6.07 Å². The minimum atomic E-state index is -0.137. The van der Waals surface area contributed by atoms with Crippen LogP contribution in [0.15, 0.2) is 53.4 Å². The summed E-state index contributed by atoms with van der Waals surface area (Å²) < 4.78 is 11.5. The van der Waals surface area contributed by atoms with Gasteiger partial charge in [0.25, 0.3) is 0 Å². The van der Waals surface area contributed by atoms with Crippen molar-refractivity contribution in [1.29, 1.82) is 0 Å². The fourth-order valence-electron chi connectivity index (χ4n) is 2.38. The van der Waals surface area contributed by atoms with Gasteiger partial charge in [-0.15, -0.1) is 11.8 Å². The second-order valence-electron chi connectivity index (χ2n) is 4.94. The van der Waals surface area contributed by atoms with E-state index < -0.39 is 0 Å². The summed E-state index contributed by atoms with van der Waals surface area (Å²) in [7, 11) is 0. The molecule has 0 bridgehead atoms. The van der Waals surface area contributed by atoms with Gasteiger partial charge in [-0.1, -0.05) is 24.3 Å². The lowest BCUT2D eigenvalue weighted by Gasteiger charge is -2.30. The van der Waals surface area contributed by atoms with Crippen LogP contribution in [0.5, 0.6) is 11.5 Å². The Bertz CT molecular complexity index is 600. The van der Waals surface area contributed by atoms with Crippen molar-refractivity contribution in [3.63, 3.8) is 0 Å². The van der Waals surface area contributed by atoms with Gasteiger partial charge in [0.05, 0.1) is 12.6 Å². The molecular formula is C17H19NO2S. The minimum absolute atomic E-state index is 0.0113. The number of ether oxygens (including phenoxy) is 2. The Morgan fingerprint density at radius 1 is 1.24 bits per heavy atom. The molecule has 1 aliphatic rings. The van der Waals surface area contributed by atoms with Gasteiger partial charge in [-0.3, -0.25) is 0 Å². The summed E-state index contributed by atoms with van der Waals surface area (Å²) in [6.07, 6.45) is -0.0113. The highest BCUT2D eigenvalue weighted by molar-refractivity contribution is 7.99. The van der Waals surface area contributed by atoms with E-state index >= 15 is 0 Å². The molecule has 0 aromatic heterocycles. The first kappa shape index (κ1) is 14.3. The van der Waals surface area contributed by atoms with Crippen molar-refractivity contribution in [3.05, 3.63) is 54.1 Å². The molecule has 2 aromatic carbocycles. The third kappa shape index (κ3) is 3.17. The van der Waals surface area contributed by atoms with Crippen molar-refractivity contribution >= 4 is 11.8 Å². The third-order valence-electron chi connectivity index (χ3n) is 3.51. The Hall–Kier alpha value is -1.65. The molecule has 0 radical (unpaired) electrons. The molecule has 3 nitrogen and oxygen atoms in total. The molecule has 0 aliphatic carbocycles. The smallest absolute Gasteiger partial charge is 0.133 e. The molecular weight excluding hydrogens is 282 g/mol. The van der Waals surface area contributed by atoms with Crippen LogP contribution in [0.4, 0.5) is 0 Å². The molecule has 0 fully saturated rings. The minimum Gasteiger partial charge on any atom is -0.494 e. The number of fused-ring (bicyclic) bond motifs is 1. The van der Waals surface area contributed by atoms with Crippen molar-refractivity contribution in [1.82, 2.24) is 0 Å². The van der Waals surface area contributed by atoms with Crippen molar-refractivity contribution in [2.75, 3.05) is 12.4 Å².